The van der Waals surface area contributed by atoms with Gasteiger partial charge in [0.15, 0.2) is 5.96 Å². The number of nitrogens with one attached hydrogen (secondary N) is 8. The van der Waals surface area contributed by atoms with E-state index in [9.17, 15) is 62.6 Å². The summed E-state index contributed by atoms with van der Waals surface area (Å²) < 4.78 is 0. The second kappa shape index (κ2) is 33.3. The van der Waals surface area contributed by atoms with Crippen LogP contribution in [0, 0.1) is 11.8 Å². The summed E-state index contributed by atoms with van der Waals surface area (Å²) in [6.45, 7) is 7.26. The number of aliphatic hydroxyl groups excluding tert-OH is 1. The highest BCUT2D eigenvalue weighted by molar-refractivity contribution is 5.99. The third kappa shape index (κ3) is 24.2. The van der Waals surface area contributed by atoms with E-state index < -0.39 is 152 Å². The summed E-state index contributed by atoms with van der Waals surface area (Å²) in [5.74, 6) is -10.2. The Balaban J connectivity index is 2.37. The van der Waals surface area contributed by atoms with Gasteiger partial charge in [-0.1, -0.05) is 58.0 Å². The standard InChI is InChI=1S/C49H79N15O13/c1-26(2)19-30(24-65)57-41(70)31(13-9-17-55-49(53)54)59-46(75)36(25-66)63-42(71)32(15-16-38(51)67)60-43(72)33(20-27(3)4)61-44(73)34(21-29-11-7-6-8-12-29)62-45(74)35(22-39(52)68)58-40(69)23-56-47(76)37-14-10-18-64(37)48(77)28(5)50/h6-8,11-12,24,26-28,30-37,66H,9-10,13-23,25,50H2,1-5H3,(H2,51,67)(H2,52,68)(H,56,76)(H,57,70)(H,58,69)(H,59,75)(H,60,72)(H,61,73)(H,62,74)(H,63,71)(H4,53,54,55)/t28-,30-,31-,32-,33-,34-,35-,36-,37-/m0/s1. The molecular weight excluding hydrogens is 1010 g/mol. The van der Waals surface area contributed by atoms with Crippen LogP contribution in [0.4, 0.5) is 0 Å². The molecule has 77 heavy (non-hydrogen) atoms. The van der Waals surface area contributed by atoms with Crippen molar-refractivity contribution in [2.24, 2.45) is 45.5 Å². The molecule has 0 saturated carbocycles. The molecule has 19 N–H and O–H groups in total. The van der Waals surface area contributed by atoms with Crippen molar-refractivity contribution in [1.29, 1.82) is 0 Å². The molecule has 428 valence electrons. The minimum atomic E-state index is -1.74. The number of benzene rings is 1. The second-order valence-corrected chi connectivity index (χ2v) is 19.6. The Morgan fingerprint density at radius 1 is 0.675 bits per heavy atom. The van der Waals surface area contributed by atoms with Gasteiger partial charge in [0.25, 0.3) is 0 Å². The number of aliphatic imine (C=N–C) groups is 1. The summed E-state index contributed by atoms with van der Waals surface area (Å²) in [6, 6.07) is -3.60. The van der Waals surface area contributed by atoms with Gasteiger partial charge in [0.2, 0.25) is 65.0 Å². The summed E-state index contributed by atoms with van der Waals surface area (Å²) in [6.07, 6.45) is -0.0738. The Hall–Kier alpha value is -7.75. The van der Waals surface area contributed by atoms with Crippen molar-refractivity contribution in [2.75, 3.05) is 26.2 Å². The largest absolute Gasteiger partial charge is 0.394 e. The Kier molecular flexibility index (Phi) is 28.3. The molecule has 1 heterocycles. The van der Waals surface area contributed by atoms with E-state index in [1.165, 1.54) is 11.8 Å². The topological polar surface area (TPSA) is 467 Å². The van der Waals surface area contributed by atoms with Gasteiger partial charge >= 0.3 is 0 Å². The fraction of sp³-hybridized carbons (Fsp3) is 0.612. The molecule has 0 radical (unpaired) electrons. The van der Waals surface area contributed by atoms with Crippen LogP contribution in [0.1, 0.15) is 98.0 Å². The van der Waals surface area contributed by atoms with Gasteiger partial charge in [0.1, 0.15) is 48.6 Å². The average Bonchev–Trinajstić information content (AvgIpc) is 3.85. The summed E-state index contributed by atoms with van der Waals surface area (Å²) in [5.41, 5.74) is 27.9. The minimum absolute atomic E-state index is 0.0156. The van der Waals surface area contributed by atoms with Crippen molar-refractivity contribution in [3.8, 4) is 0 Å². The van der Waals surface area contributed by atoms with Gasteiger partial charge in [0.05, 0.1) is 31.7 Å². The number of amides is 11. The minimum Gasteiger partial charge on any atom is -0.394 e. The Morgan fingerprint density at radius 3 is 1.77 bits per heavy atom. The van der Waals surface area contributed by atoms with Crippen LogP contribution < -0.4 is 71.2 Å². The van der Waals surface area contributed by atoms with Crippen molar-refractivity contribution in [1.82, 2.24) is 47.4 Å². The third-order valence-corrected chi connectivity index (χ3v) is 11.9. The predicted octanol–water partition coefficient (Wildman–Crippen LogP) is -5.45. The number of carbonyl (C=O) groups excluding carboxylic acids is 12. The molecule has 0 spiro atoms. The zero-order chi connectivity index (χ0) is 57.9. The predicted molar refractivity (Wildman–Crippen MR) is 279 cm³/mol. The number of carbonyl (C=O) groups is 12. The first-order valence-corrected chi connectivity index (χ1v) is 25.4. The van der Waals surface area contributed by atoms with Gasteiger partial charge in [-0.3, -0.25) is 57.7 Å². The fourth-order valence-electron chi connectivity index (χ4n) is 8.09. The van der Waals surface area contributed by atoms with E-state index in [1.54, 1.807) is 44.2 Å². The third-order valence-electron chi connectivity index (χ3n) is 11.9. The van der Waals surface area contributed by atoms with E-state index in [4.69, 9.17) is 28.7 Å². The molecule has 0 aromatic heterocycles. The lowest BCUT2D eigenvalue weighted by molar-refractivity contribution is -0.139. The van der Waals surface area contributed by atoms with E-state index >= 15 is 0 Å². The van der Waals surface area contributed by atoms with Crippen molar-refractivity contribution in [2.45, 2.75) is 153 Å². The molecule has 0 bridgehead atoms. The number of rotatable bonds is 34. The SMILES string of the molecule is CC(C)C[C@@H](C=O)NC(=O)[C@H](CCCN=C(N)N)NC(=O)[C@H](CO)NC(=O)[C@H](CCC(N)=O)NC(=O)[C@H](CC(C)C)NC(=O)[C@H](Cc1ccccc1)NC(=O)[C@H](CC(N)=O)NC(=O)CNC(=O)[C@@H]1CCCN1C(=O)[C@H](C)N. The maximum Gasteiger partial charge on any atom is 0.245 e. The molecule has 1 aromatic carbocycles. The van der Waals surface area contributed by atoms with Crippen LogP contribution in [-0.2, 0) is 64.0 Å². The summed E-state index contributed by atoms with van der Waals surface area (Å²) >= 11 is 0. The lowest BCUT2D eigenvalue weighted by atomic mass is 10.00. The monoisotopic (exact) mass is 1090 g/mol. The first-order valence-electron chi connectivity index (χ1n) is 25.4. The van der Waals surface area contributed by atoms with Crippen LogP contribution in [0.2, 0.25) is 0 Å². The molecule has 2 rings (SSSR count). The molecule has 1 aliphatic heterocycles. The molecule has 9 atom stereocenters. The zero-order valence-electron chi connectivity index (χ0n) is 44.3. The highest BCUT2D eigenvalue weighted by atomic mass is 16.3. The van der Waals surface area contributed by atoms with Crippen LogP contribution >= 0.6 is 0 Å². The highest BCUT2D eigenvalue weighted by Gasteiger charge is 2.37. The molecule has 1 fully saturated rings. The van der Waals surface area contributed by atoms with Gasteiger partial charge in [-0.25, -0.2) is 0 Å². The maximum atomic E-state index is 14.3. The first kappa shape index (κ1) is 65.4. The van der Waals surface area contributed by atoms with Crippen LogP contribution in [0.5, 0.6) is 0 Å². The lowest BCUT2D eigenvalue weighted by Crippen LogP contribution is -2.61. The number of primary amides is 2. The molecule has 1 saturated heterocycles. The van der Waals surface area contributed by atoms with Crippen LogP contribution in [0.3, 0.4) is 0 Å². The summed E-state index contributed by atoms with van der Waals surface area (Å²) in [4.78, 5) is 163. The number of likely N-dealkylation sites (tertiary alicyclic amines) is 1. The molecule has 0 aliphatic carbocycles. The normalized spacial score (nSPS) is 16.1. The van der Waals surface area contributed by atoms with Crippen LogP contribution in [-0.4, -0.2) is 168 Å². The van der Waals surface area contributed by atoms with Gasteiger partial charge in [0, 0.05) is 25.9 Å². The van der Waals surface area contributed by atoms with E-state index in [-0.39, 0.29) is 63.0 Å². The Morgan fingerprint density at radius 2 is 1.21 bits per heavy atom. The first-order chi connectivity index (χ1) is 36.3. The van der Waals surface area contributed by atoms with E-state index in [1.807, 2.05) is 13.8 Å². The number of hydrogen-bond acceptors (Lipinski definition) is 15. The number of nitrogens with zero attached hydrogens (tertiary/aromatic N) is 2. The van der Waals surface area contributed by atoms with Crippen molar-refractivity contribution in [3.05, 3.63) is 35.9 Å². The van der Waals surface area contributed by atoms with E-state index in [0.717, 1.165) is 0 Å². The second-order valence-electron chi connectivity index (χ2n) is 19.6. The van der Waals surface area contributed by atoms with Gasteiger partial charge in [-0.2, -0.15) is 0 Å². The van der Waals surface area contributed by atoms with Gasteiger partial charge in [-0.05, 0) is 69.3 Å². The molecular formula is C49H79N15O13. The van der Waals surface area contributed by atoms with Crippen LogP contribution in [0.25, 0.3) is 0 Å². The molecule has 11 amide bonds. The van der Waals surface area contributed by atoms with Gasteiger partial charge < -0.3 is 86.0 Å². The summed E-state index contributed by atoms with van der Waals surface area (Å²) in [5, 5.41) is 30.0. The van der Waals surface area contributed by atoms with Crippen LogP contribution in [0.15, 0.2) is 35.3 Å². The molecule has 28 heteroatoms. The molecule has 0 unspecified atom stereocenters. The number of hydrogen-bond donors (Lipinski definition) is 14. The zero-order valence-corrected chi connectivity index (χ0v) is 44.3. The Labute approximate surface area is 447 Å². The van der Waals surface area contributed by atoms with Crippen molar-refractivity contribution >= 4 is 77.2 Å². The quantitative estimate of drug-likeness (QED) is 0.0133. The van der Waals surface area contributed by atoms with Gasteiger partial charge in [-0.15, -0.1) is 0 Å². The lowest BCUT2D eigenvalue weighted by Gasteiger charge is -2.28. The summed E-state index contributed by atoms with van der Waals surface area (Å²) in [7, 11) is 0. The molecule has 28 nitrogen and oxygen atoms in total. The van der Waals surface area contributed by atoms with Crippen molar-refractivity contribution in [3.63, 3.8) is 0 Å². The molecule has 1 aliphatic rings. The van der Waals surface area contributed by atoms with E-state index in [0.29, 0.717) is 24.7 Å². The number of aldehydes is 1. The fourth-order valence-corrected chi connectivity index (χ4v) is 8.09. The molecule has 1 aromatic rings. The maximum absolute atomic E-state index is 14.3. The highest BCUT2D eigenvalue weighted by Crippen LogP contribution is 2.18. The van der Waals surface area contributed by atoms with E-state index in [2.05, 4.69) is 47.5 Å². The average molecular weight is 1090 g/mol. The number of guanidine groups is 1. The smallest absolute Gasteiger partial charge is 0.245 e. The van der Waals surface area contributed by atoms with Crippen molar-refractivity contribution < 1.29 is 62.6 Å². The number of nitrogens with two attached hydrogens (primary N) is 5. The number of aliphatic hydroxyl groups is 1. The Bertz CT molecular complexity index is 2240.